The topological polar surface area (TPSA) is 155 Å². The summed E-state index contributed by atoms with van der Waals surface area (Å²) in [6, 6.07) is 15.8. The number of amides is 3. The molecule has 0 saturated carbocycles. The van der Waals surface area contributed by atoms with E-state index in [4.69, 9.17) is 15.2 Å². The Morgan fingerprint density at radius 3 is 2.51 bits per heavy atom. The Morgan fingerprint density at radius 1 is 0.936 bits per heavy atom. The number of anilines is 3. The maximum absolute atomic E-state index is 13.4. The van der Waals surface area contributed by atoms with Crippen molar-refractivity contribution in [1.82, 2.24) is 19.8 Å². The van der Waals surface area contributed by atoms with Gasteiger partial charge in [-0.15, -0.1) is 0 Å². The average molecular weight is 642 g/mol. The highest BCUT2D eigenvalue weighted by Gasteiger charge is 2.19. The van der Waals surface area contributed by atoms with Crippen LogP contribution in [0.25, 0.3) is 11.0 Å². The van der Waals surface area contributed by atoms with Crippen LogP contribution >= 0.6 is 0 Å². The number of nitrogens with one attached hydrogen (secondary N) is 3. The van der Waals surface area contributed by atoms with Crippen LogP contribution in [0.3, 0.4) is 0 Å². The molecule has 248 valence electrons. The number of benzene rings is 3. The molecule has 2 heterocycles. The van der Waals surface area contributed by atoms with Crippen molar-refractivity contribution in [3.63, 3.8) is 0 Å². The number of nitrogens with zero attached hydrogens (tertiary/aromatic N) is 3. The summed E-state index contributed by atoms with van der Waals surface area (Å²) in [5, 5.41) is 5.86. The highest BCUT2D eigenvalue weighted by molar-refractivity contribution is 6.10. The van der Waals surface area contributed by atoms with Crippen LogP contribution in [0.5, 0.6) is 5.75 Å². The first kappa shape index (κ1) is 33.4. The molecule has 0 radical (unpaired) electrons. The summed E-state index contributed by atoms with van der Waals surface area (Å²) in [6.45, 7) is 6.00. The van der Waals surface area contributed by atoms with Crippen LogP contribution in [0.15, 0.2) is 54.6 Å². The second-order valence-corrected chi connectivity index (χ2v) is 11.9. The number of carbonyl (C=O) groups is 3. The third-order valence-electron chi connectivity index (χ3n) is 8.22. The smallest absolute Gasteiger partial charge is 0.256 e. The molecule has 0 spiro atoms. The fourth-order valence-corrected chi connectivity index (χ4v) is 5.57. The number of nitrogen functional groups attached to an aromatic ring is 1. The van der Waals surface area contributed by atoms with Crippen LogP contribution in [0, 0.1) is 6.92 Å². The normalized spacial score (nSPS) is 13.5. The molecule has 1 fully saturated rings. The van der Waals surface area contributed by atoms with E-state index in [9.17, 15) is 14.4 Å². The van der Waals surface area contributed by atoms with E-state index in [1.54, 1.807) is 30.3 Å². The summed E-state index contributed by atoms with van der Waals surface area (Å²) in [5.74, 6) is 0.345. The molecular weight excluding hydrogens is 598 g/mol. The monoisotopic (exact) mass is 641 g/mol. The lowest BCUT2D eigenvalue weighted by atomic mass is 10.0. The van der Waals surface area contributed by atoms with E-state index in [1.807, 2.05) is 36.1 Å². The van der Waals surface area contributed by atoms with Crippen molar-refractivity contribution in [3.8, 4) is 5.75 Å². The van der Waals surface area contributed by atoms with Crippen LogP contribution in [0.1, 0.15) is 57.5 Å². The van der Waals surface area contributed by atoms with Crippen molar-refractivity contribution in [3.05, 3.63) is 76.9 Å². The third-order valence-corrected chi connectivity index (χ3v) is 8.22. The zero-order valence-electron chi connectivity index (χ0n) is 27.2. The first-order valence-electron chi connectivity index (χ1n) is 15.9. The Balaban J connectivity index is 1.18. The van der Waals surface area contributed by atoms with Crippen molar-refractivity contribution in [1.29, 1.82) is 0 Å². The van der Waals surface area contributed by atoms with Crippen LogP contribution < -0.4 is 21.1 Å². The van der Waals surface area contributed by atoms with Crippen LogP contribution in [-0.2, 0) is 16.1 Å². The van der Waals surface area contributed by atoms with Gasteiger partial charge in [-0.2, -0.15) is 0 Å². The molecule has 1 aromatic heterocycles. The number of unbranched alkanes of at least 4 members (excludes halogenated alkanes) is 2. The van der Waals surface area contributed by atoms with Gasteiger partial charge in [-0.3, -0.25) is 14.4 Å². The number of carbonyl (C=O) groups excluding carboxylic acids is 3. The molecule has 0 aliphatic carbocycles. The number of ether oxygens (including phenoxy) is 2. The number of hydrogen-bond acceptors (Lipinski definition) is 8. The number of aromatic nitrogens is 2. The number of para-hydroxylation sites is 1. The summed E-state index contributed by atoms with van der Waals surface area (Å²) in [5.41, 5.74) is 10.4. The van der Waals surface area contributed by atoms with Gasteiger partial charge >= 0.3 is 0 Å². The fraction of sp³-hybridized carbons (Fsp3) is 0.371. The van der Waals surface area contributed by atoms with E-state index in [-0.39, 0.29) is 30.3 Å². The Morgan fingerprint density at radius 2 is 1.72 bits per heavy atom. The van der Waals surface area contributed by atoms with Crippen molar-refractivity contribution < 1.29 is 23.9 Å². The van der Waals surface area contributed by atoms with Gasteiger partial charge in [0.05, 0.1) is 30.1 Å². The molecular formula is C35H43N7O5. The van der Waals surface area contributed by atoms with Crippen molar-refractivity contribution in [2.45, 2.75) is 39.2 Å². The first-order chi connectivity index (χ1) is 22.7. The number of aromatic amines is 1. The van der Waals surface area contributed by atoms with E-state index in [1.165, 1.54) is 7.11 Å². The maximum Gasteiger partial charge on any atom is 0.256 e. The molecule has 0 atom stereocenters. The van der Waals surface area contributed by atoms with E-state index in [0.717, 1.165) is 51.0 Å². The highest BCUT2D eigenvalue weighted by Crippen LogP contribution is 2.28. The van der Waals surface area contributed by atoms with E-state index < -0.39 is 0 Å². The van der Waals surface area contributed by atoms with E-state index in [2.05, 4.69) is 32.5 Å². The molecule has 3 aromatic carbocycles. The fourth-order valence-electron chi connectivity index (χ4n) is 5.57. The minimum absolute atomic E-state index is 0.128. The predicted octanol–water partition coefficient (Wildman–Crippen LogP) is 4.82. The lowest BCUT2D eigenvalue weighted by Gasteiger charge is -2.32. The molecule has 1 saturated heterocycles. The Hall–Kier alpha value is -4.94. The number of likely N-dealkylation sites (N-methyl/N-ethyl adjacent to an activating group) is 1. The number of methoxy groups -OCH3 is 1. The number of hydrogen-bond donors (Lipinski definition) is 4. The van der Waals surface area contributed by atoms with Crippen molar-refractivity contribution in [2.75, 3.05) is 63.3 Å². The van der Waals surface area contributed by atoms with Gasteiger partial charge in [-0.25, -0.2) is 4.98 Å². The highest BCUT2D eigenvalue weighted by atomic mass is 16.5. The molecule has 0 bridgehead atoms. The van der Waals surface area contributed by atoms with Gasteiger partial charge in [0.15, 0.2) is 5.95 Å². The molecule has 47 heavy (non-hydrogen) atoms. The zero-order chi connectivity index (χ0) is 33.3. The summed E-state index contributed by atoms with van der Waals surface area (Å²) < 4.78 is 11.4. The van der Waals surface area contributed by atoms with Gasteiger partial charge < -0.3 is 40.6 Å². The Bertz CT molecular complexity index is 1730. The van der Waals surface area contributed by atoms with Gasteiger partial charge in [-0.1, -0.05) is 12.1 Å². The number of aryl methyl sites for hydroxylation is 1. The van der Waals surface area contributed by atoms with Crippen LogP contribution in [-0.4, -0.2) is 84.4 Å². The number of imidazole rings is 1. The summed E-state index contributed by atoms with van der Waals surface area (Å²) in [6.07, 6.45) is 3.04. The van der Waals surface area contributed by atoms with Crippen LogP contribution in [0.4, 0.5) is 17.3 Å². The van der Waals surface area contributed by atoms with Crippen molar-refractivity contribution >= 4 is 46.1 Å². The third kappa shape index (κ3) is 8.66. The molecule has 12 heteroatoms. The second kappa shape index (κ2) is 15.6. The second-order valence-electron chi connectivity index (χ2n) is 11.9. The Kier molecular flexibility index (Phi) is 11.1. The molecule has 5 rings (SSSR count). The standard InChI is InChI=1S/C35H43N7O5/c1-23-11-14-27(30(20-23)47-19-6-4-5-10-31(43)42-17-15-41(2)16-18-42)37-33(44)24-12-13-26(25(21-24)22-46-3)34(45)38-28-8-7-9-29-32(28)40-35(36)39-29/h7-9,11-14,20-21H,4-6,10,15-19,22H2,1-3H3,(H,37,44)(H,38,45)(H3,36,39,40). The predicted molar refractivity (Wildman–Crippen MR) is 183 cm³/mol. The largest absolute Gasteiger partial charge is 0.491 e. The number of H-pyrrole nitrogens is 1. The summed E-state index contributed by atoms with van der Waals surface area (Å²) in [7, 11) is 3.61. The lowest BCUT2D eigenvalue weighted by Crippen LogP contribution is -2.47. The minimum atomic E-state index is -0.365. The lowest BCUT2D eigenvalue weighted by molar-refractivity contribution is -0.132. The number of rotatable bonds is 13. The first-order valence-corrected chi connectivity index (χ1v) is 15.9. The quantitative estimate of drug-likeness (QED) is 0.152. The molecule has 3 amide bonds. The molecule has 0 unspecified atom stereocenters. The van der Waals surface area contributed by atoms with Crippen molar-refractivity contribution in [2.24, 2.45) is 0 Å². The van der Waals surface area contributed by atoms with E-state index >= 15 is 0 Å². The van der Waals surface area contributed by atoms with Gasteiger partial charge in [0, 0.05) is 50.8 Å². The molecule has 4 aromatic rings. The zero-order valence-corrected chi connectivity index (χ0v) is 27.2. The van der Waals surface area contributed by atoms with Crippen LogP contribution in [0.2, 0.25) is 0 Å². The maximum atomic E-state index is 13.4. The van der Waals surface area contributed by atoms with Gasteiger partial charge in [0.1, 0.15) is 11.3 Å². The SMILES string of the molecule is COCc1cc(C(=O)Nc2ccc(C)cc2OCCCCCC(=O)N2CCN(C)CC2)ccc1C(=O)Nc1cccc2[nH]c(N)nc12. The Labute approximate surface area is 274 Å². The molecule has 12 nitrogen and oxygen atoms in total. The molecule has 1 aliphatic rings. The molecule has 1 aliphatic heterocycles. The number of nitrogens with two attached hydrogens (primary N) is 1. The van der Waals surface area contributed by atoms with Gasteiger partial charge in [-0.05, 0) is 86.8 Å². The molecule has 5 N–H and O–H groups in total. The summed E-state index contributed by atoms with van der Waals surface area (Å²) in [4.78, 5) is 50.6. The average Bonchev–Trinajstić information content (AvgIpc) is 3.45. The summed E-state index contributed by atoms with van der Waals surface area (Å²) >= 11 is 0. The number of piperazine rings is 1. The van der Waals surface area contributed by atoms with Gasteiger partial charge in [0.2, 0.25) is 5.91 Å². The minimum Gasteiger partial charge on any atom is -0.491 e. The van der Waals surface area contributed by atoms with E-state index in [0.29, 0.717) is 57.9 Å². The number of fused-ring (bicyclic) bond motifs is 1. The van der Waals surface area contributed by atoms with Gasteiger partial charge in [0.25, 0.3) is 11.8 Å².